The van der Waals surface area contributed by atoms with Gasteiger partial charge in [-0.15, -0.1) is 0 Å². The molecule has 2 aliphatic rings. The number of carboxylic acid groups (broad SMARTS) is 1. The molecule has 0 spiro atoms. The fourth-order valence-corrected chi connectivity index (χ4v) is 4.62. The normalized spacial score (nSPS) is 27.2. The van der Waals surface area contributed by atoms with Crippen LogP contribution in [0.5, 0.6) is 0 Å². The van der Waals surface area contributed by atoms with Crippen LogP contribution in [0, 0.1) is 12.3 Å². The minimum absolute atomic E-state index is 0.102. The summed E-state index contributed by atoms with van der Waals surface area (Å²) in [7, 11) is 0. The molecule has 3 heterocycles. The zero-order chi connectivity index (χ0) is 17.4. The van der Waals surface area contributed by atoms with Gasteiger partial charge >= 0.3 is 5.97 Å². The number of pyridine rings is 1. The fraction of sp³-hybridized carbons (Fsp3) is 0.500. The van der Waals surface area contributed by atoms with E-state index in [1.165, 1.54) is 16.5 Å². The zero-order valence-corrected chi connectivity index (χ0v) is 14.7. The lowest BCUT2D eigenvalue weighted by Crippen LogP contribution is -2.62. The molecule has 0 saturated carbocycles. The van der Waals surface area contributed by atoms with Crippen molar-refractivity contribution in [1.29, 1.82) is 0 Å². The van der Waals surface area contributed by atoms with Crippen molar-refractivity contribution in [2.45, 2.75) is 38.8 Å². The summed E-state index contributed by atoms with van der Waals surface area (Å²) in [5.74, 6) is -0.647. The minimum Gasteiger partial charge on any atom is -0.481 e. The van der Waals surface area contributed by atoms with Gasteiger partial charge in [0.2, 0.25) is 0 Å². The maximum atomic E-state index is 12.1. The van der Waals surface area contributed by atoms with Crippen LogP contribution in [0.1, 0.15) is 30.4 Å². The highest BCUT2D eigenvalue weighted by Crippen LogP contribution is 2.38. The molecule has 2 aromatic rings. The SMILES string of the molecule is Cc1ccc2ncccc2c1CN1CC[C@H]2NCCC[C@]2(C(=O)O)C1. The first-order valence-corrected chi connectivity index (χ1v) is 9.12. The number of hydrogen-bond donors (Lipinski definition) is 2. The number of nitrogens with one attached hydrogen (secondary N) is 1. The van der Waals surface area contributed by atoms with Gasteiger partial charge in [0.05, 0.1) is 10.9 Å². The van der Waals surface area contributed by atoms with Crippen LogP contribution in [0.15, 0.2) is 30.5 Å². The maximum Gasteiger partial charge on any atom is 0.312 e. The van der Waals surface area contributed by atoms with E-state index in [9.17, 15) is 9.90 Å². The number of carboxylic acids is 1. The predicted octanol–water partition coefficient (Wildman–Crippen LogP) is 2.57. The second-order valence-corrected chi connectivity index (χ2v) is 7.50. The largest absolute Gasteiger partial charge is 0.481 e. The second-order valence-electron chi connectivity index (χ2n) is 7.50. The van der Waals surface area contributed by atoms with E-state index in [1.54, 1.807) is 0 Å². The molecule has 0 amide bonds. The third-order valence-corrected chi connectivity index (χ3v) is 6.04. The number of hydrogen-bond acceptors (Lipinski definition) is 4. The molecule has 0 bridgehead atoms. The fourth-order valence-electron chi connectivity index (χ4n) is 4.62. The summed E-state index contributed by atoms with van der Waals surface area (Å²) in [6, 6.07) is 8.37. The van der Waals surface area contributed by atoms with Crippen molar-refractivity contribution < 1.29 is 9.90 Å². The van der Waals surface area contributed by atoms with Gasteiger partial charge in [-0.1, -0.05) is 12.1 Å². The summed E-state index contributed by atoms with van der Waals surface area (Å²) >= 11 is 0. The zero-order valence-electron chi connectivity index (χ0n) is 14.7. The number of benzene rings is 1. The number of piperidine rings is 2. The molecule has 0 unspecified atom stereocenters. The highest BCUT2D eigenvalue weighted by atomic mass is 16.4. The molecule has 2 fully saturated rings. The topological polar surface area (TPSA) is 65.5 Å². The van der Waals surface area contributed by atoms with Crippen LogP contribution in [0.25, 0.3) is 10.9 Å². The number of rotatable bonds is 3. The van der Waals surface area contributed by atoms with E-state index in [0.717, 1.165) is 44.4 Å². The summed E-state index contributed by atoms with van der Waals surface area (Å²) < 4.78 is 0. The van der Waals surface area contributed by atoms with Crippen molar-refractivity contribution in [1.82, 2.24) is 15.2 Å². The van der Waals surface area contributed by atoms with E-state index in [4.69, 9.17) is 0 Å². The average molecular weight is 339 g/mol. The minimum atomic E-state index is -0.647. The molecule has 2 aliphatic heterocycles. The molecule has 25 heavy (non-hydrogen) atoms. The number of nitrogens with zero attached hydrogens (tertiary/aromatic N) is 2. The lowest BCUT2D eigenvalue weighted by atomic mass is 9.70. The predicted molar refractivity (Wildman–Crippen MR) is 97.5 cm³/mol. The Labute approximate surface area is 148 Å². The number of fused-ring (bicyclic) bond motifs is 2. The first kappa shape index (κ1) is 16.5. The number of carbonyl (C=O) groups is 1. The Morgan fingerprint density at radius 2 is 2.32 bits per heavy atom. The monoisotopic (exact) mass is 339 g/mol. The van der Waals surface area contributed by atoms with Gasteiger partial charge in [-0.2, -0.15) is 0 Å². The van der Waals surface area contributed by atoms with E-state index in [1.807, 2.05) is 12.3 Å². The average Bonchev–Trinajstić information content (AvgIpc) is 2.64. The number of aromatic nitrogens is 1. The van der Waals surface area contributed by atoms with Gasteiger partial charge in [-0.25, -0.2) is 0 Å². The molecule has 2 N–H and O–H groups in total. The van der Waals surface area contributed by atoms with Crippen LogP contribution >= 0.6 is 0 Å². The van der Waals surface area contributed by atoms with E-state index in [2.05, 4.69) is 40.3 Å². The third kappa shape index (κ3) is 2.81. The van der Waals surface area contributed by atoms with Crippen molar-refractivity contribution in [3.63, 3.8) is 0 Å². The van der Waals surface area contributed by atoms with E-state index in [0.29, 0.717) is 6.54 Å². The molecular formula is C20H25N3O2. The first-order valence-electron chi connectivity index (χ1n) is 9.12. The molecule has 5 nitrogen and oxygen atoms in total. The molecule has 132 valence electrons. The van der Waals surface area contributed by atoms with Crippen molar-refractivity contribution >= 4 is 16.9 Å². The van der Waals surface area contributed by atoms with Gasteiger partial charge in [0.25, 0.3) is 0 Å². The molecular weight excluding hydrogens is 314 g/mol. The molecule has 0 radical (unpaired) electrons. The van der Waals surface area contributed by atoms with Crippen LogP contribution in [-0.2, 0) is 11.3 Å². The summed E-state index contributed by atoms with van der Waals surface area (Å²) in [4.78, 5) is 18.9. The van der Waals surface area contributed by atoms with E-state index >= 15 is 0 Å². The van der Waals surface area contributed by atoms with Gasteiger partial charge < -0.3 is 10.4 Å². The number of aliphatic carboxylic acids is 1. The number of aryl methyl sites for hydroxylation is 1. The Kier molecular flexibility index (Phi) is 4.21. The molecule has 4 rings (SSSR count). The van der Waals surface area contributed by atoms with Gasteiger partial charge in [0, 0.05) is 37.3 Å². The smallest absolute Gasteiger partial charge is 0.312 e. The first-order chi connectivity index (χ1) is 12.1. The lowest BCUT2D eigenvalue weighted by Gasteiger charge is -2.48. The van der Waals surface area contributed by atoms with Crippen LogP contribution in [-0.4, -0.2) is 46.6 Å². The van der Waals surface area contributed by atoms with Crippen LogP contribution in [0.4, 0.5) is 0 Å². The van der Waals surface area contributed by atoms with Gasteiger partial charge in [-0.3, -0.25) is 14.7 Å². The highest BCUT2D eigenvalue weighted by Gasteiger charge is 2.50. The van der Waals surface area contributed by atoms with Gasteiger partial charge in [0.1, 0.15) is 0 Å². The van der Waals surface area contributed by atoms with Gasteiger partial charge in [-0.05, 0) is 56.0 Å². The Morgan fingerprint density at radius 1 is 1.44 bits per heavy atom. The summed E-state index contributed by atoms with van der Waals surface area (Å²) in [5.41, 5.74) is 2.88. The van der Waals surface area contributed by atoms with Crippen LogP contribution in [0.2, 0.25) is 0 Å². The van der Waals surface area contributed by atoms with Crippen molar-refractivity contribution in [2.75, 3.05) is 19.6 Å². The van der Waals surface area contributed by atoms with Crippen LogP contribution in [0.3, 0.4) is 0 Å². The van der Waals surface area contributed by atoms with Crippen molar-refractivity contribution in [3.05, 3.63) is 41.6 Å². The van der Waals surface area contributed by atoms with Crippen LogP contribution < -0.4 is 5.32 Å². The maximum absolute atomic E-state index is 12.1. The summed E-state index contributed by atoms with van der Waals surface area (Å²) in [6.45, 7) is 5.41. The molecule has 5 heteroatoms. The Bertz CT molecular complexity index is 807. The molecule has 2 atom stereocenters. The van der Waals surface area contributed by atoms with E-state index in [-0.39, 0.29) is 6.04 Å². The molecule has 2 saturated heterocycles. The Morgan fingerprint density at radius 3 is 3.16 bits per heavy atom. The number of likely N-dealkylation sites (tertiary alicyclic amines) is 1. The molecule has 1 aromatic carbocycles. The molecule has 1 aromatic heterocycles. The summed E-state index contributed by atoms with van der Waals surface area (Å²) in [6.07, 6.45) is 4.43. The van der Waals surface area contributed by atoms with Gasteiger partial charge in [0.15, 0.2) is 0 Å². The van der Waals surface area contributed by atoms with Crippen molar-refractivity contribution in [2.24, 2.45) is 5.41 Å². The second kappa shape index (κ2) is 6.39. The Hall–Kier alpha value is -1.98. The Balaban J connectivity index is 1.64. The standard InChI is InChI=1S/C20H25N3O2/c1-14-5-6-17-15(4-2-9-21-17)16(14)12-23-11-7-18-20(13-23,19(24)25)8-3-10-22-18/h2,4-6,9,18,22H,3,7-8,10-13H2,1H3,(H,24,25)/t18-,20+/m1/s1. The quantitative estimate of drug-likeness (QED) is 0.900. The lowest BCUT2D eigenvalue weighted by molar-refractivity contribution is -0.157. The third-order valence-electron chi connectivity index (χ3n) is 6.04. The van der Waals surface area contributed by atoms with E-state index < -0.39 is 11.4 Å². The summed E-state index contributed by atoms with van der Waals surface area (Å²) in [5, 5.41) is 14.6. The van der Waals surface area contributed by atoms with Crippen molar-refractivity contribution in [3.8, 4) is 0 Å². The molecule has 0 aliphatic carbocycles. The highest BCUT2D eigenvalue weighted by molar-refractivity contribution is 5.83.